The number of carboxylic acid groups (broad SMARTS) is 1. The highest BCUT2D eigenvalue weighted by Crippen LogP contribution is 2.15. The average molecular weight is 293 g/mol. The molecule has 2 N–H and O–H groups in total. The van der Waals surface area contributed by atoms with Gasteiger partial charge >= 0.3 is 18.1 Å². The van der Waals surface area contributed by atoms with Crippen LogP contribution in [0.15, 0.2) is 12.5 Å². The van der Waals surface area contributed by atoms with Crippen molar-refractivity contribution in [1.82, 2.24) is 14.9 Å². The van der Waals surface area contributed by atoms with Gasteiger partial charge in [-0.05, 0) is 6.42 Å². The molecule has 1 atom stereocenters. The Morgan fingerprint density at radius 2 is 2.15 bits per heavy atom. The molecule has 1 aromatic rings. The van der Waals surface area contributed by atoms with Gasteiger partial charge in [-0.15, -0.1) is 0 Å². The number of nitrogens with zero attached hydrogens (tertiary/aromatic N) is 2. The lowest BCUT2D eigenvalue weighted by molar-refractivity contribution is -0.175. The second-order valence-electron chi connectivity index (χ2n) is 4.17. The lowest BCUT2D eigenvalue weighted by Gasteiger charge is -2.14. The summed E-state index contributed by atoms with van der Waals surface area (Å²) in [5.41, 5.74) is 0.299. The van der Waals surface area contributed by atoms with Crippen molar-refractivity contribution in [3.8, 4) is 0 Å². The van der Waals surface area contributed by atoms with E-state index >= 15 is 0 Å². The van der Waals surface area contributed by atoms with Gasteiger partial charge in [0.1, 0.15) is 6.04 Å². The Balaban J connectivity index is 2.72. The van der Waals surface area contributed by atoms with Crippen LogP contribution < -0.4 is 5.32 Å². The SMILES string of the molecule is CCCn1cnc(C[C@H](NC(=O)C(F)(F)F)C(=O)O)c1. The van der Waals surface area contributed by atoms with Crippen molar-refractivity contribution >= 4 is 11.9 Å². The van der Waals surface area contributed by atoms with Crippen LogP contribution in [0.4, 0.5) is 13.2 Å². The van der Waals surface area contributed by atoms with Crippen LogP contribution in [0.1, 0.15) is 19.0 Å². The van der Waals surface area contributed by atoms with E-state index in [4.69, 9.17) is 5.11 Å². The fourth-order valence-electron chi connectivity index (χ4n) is 1.54. The molecule has 0 unspecified atom stereocenters. The molecule has 6 nitrogen and oxygen atoms in total. The highest BCUT2D eigenvalue weighted by Gasteiger charge is 2.40. The van der Waals surface area contributed by atoms with E-state index in [-0.39, 0.29) is 6.42 Å². The third kappa shape index (κ3) is 4.56. The Labute approximate surface area is 112 Å². The summed E-state index contributed by atoms with van der Waals surface area (Å²) >= 11 is 0. The van der Waals surface area contributed by atoms with Gasteiger partial charge in [-0.25, -0.2) is 9.78 Å². The van der Waals surface area contributed by atoms with Gasteiger partial charge in [-0.3, -0.25) is 4.79 Å². The number of hydrogen-bond acceptors (Lipinski definition) is 3. The second kappa shape index (κ2) is 6.40. The van der Waals surface area contributed by atoms with Crippen LogP contribution in [-0.4, -0.2) is 38.8 Å². The van der Waals surface area contributed by atoms with Crippen molar-refractivity contribution in [2.24, 2.45) is 0 Å². The van der Waals surface area contributed by atoms with E-state index in [1.807, 2.05) is 6.92 Å². The first-order valence-corrected chi connectivity index (χ1v) is 5.85. The molecule has 0 aliphatic rings. The Bertz CT molecular complexity index is 485. The summed E-state index contributed by atoms with van der Waals surface area (Å²) in [6.07, 6.45) is -1.59. The third-order valence-electron chi connectivity index (χ3n) is 2.44. The van der Waals surface area contributed by atoms with Gasteiger partial charge in [-0.2, -0.15) is 13.2 Å². The smallest absolute Gasteiger partial charge is 0.471 e. The molecule has 0 bridgehead atoms. The molecule has 1 rings (SSSR count). The molecule has 1 aromatic heterocycles. The first-order chi connectivity index (χ1) is 9.24. The van der Waals surface area contributed by atoms with Gasteiger partial charge in [0.05, 0.1) is 12.0 Å². The van der Waals surface area contributed by atoms with Crippen LogP contribution in [0, 0.1) is 0 Å². The standard InChI is InChI=1S/C11H14F3N3O3/c1-2-3-17-5-7(15-6-17)4-8(9(18)19)16-10(20)11(12,13)14/h5-6,8H,2-4H2,1H3,(H,16,20)(H,18,19)/t8-/m0/s1. The molecule has 0 aliphatic heterocycles. The largest absolute Gasteiger partial charge is 0.480 e. The van der Waals surface area contributed by atoms with E-state index < -0.39 is 24.1 Å². The number of carboxylic acids is 1. The van der Waals surface area contributed by atoms with Gasteiger partial charge in [0.2, 0.25) is 0 Å². The van der Waals surface area contributed by atoms with E-state index in [0.29, 0.717) is 12.2 Å². The number of halogens is 3. The predicted octanol–water partition coefficient (Wildman–Crippen LogP) is 0.967. The Morgan fingerprint density at radius 3 is 2.65 bits per heavy atom. The molecule has 0 saturated carbocycles. The van der Waals surface area contributed by atoms with Gasteiger partial charge < -0.3 is 15.0 Å². The van der Waals surface area contributed by atoms with Crippen LogP contribution in [-0.2, 0) is 22.6 Å². The number of amides is 1. The molecular weight excluding hydrogens is 279 g/mol. The number of aromatic nitrogens is 2. The van der Waals surface area contributed by atoms with E-state index in [0.717, 1.165) is 6.42 Å². The molecule has 0 fully saturated rings. The minimum Gasteiger partial charge on any atom is -0.480 e. The molecule has 1 amide bonds. The fourth-order valence-corrected chi connectivity index (χ4v) is 1.54. The quantitative estimate of drug-likeness (QED) is 0.818. The topological polar surface area (TPSA) is 84.2 Å². The van der Waals surface area contributed by atoms with Crippen molar-refractivity contribution in [3.63, 3.8) is 0 Å². The van der Waals surface area contributed by atoms with E-state index in [1.165, 1.54) is 11.6 Å². The molecule has 0 aliphatic carbocycles. The van der Waals surface area contributed by atoms with Crippen LogP contribution >= 0.6 is 0 Å². The maximum absolute atomic E-state index is 12.1. The molecule has 0 aromatic carbocycles. The van der Waals surface area contributed by atoms with Crippen LogP contribution in [0.2, 0.25) is 0 Å². The summed E-state index contributed by atoms with van der Waals surface area (Å²) in [7, 11) is 0. The summed E-state index contributed by atoms with van der Waals surface area (Å²) in [4.78, 5) is 25.5. The number of aliphatic carboxylic acids is 1. The minimum absolute atomic E-state index is 0.299. The maximum Gasteiger partial charge on any atom is 0.471 e. The zero-order chi connectivity index (χ0) is 15.3. The number of imidazole rings is 1. The van der Waals surface area contributed by atoms with Gasteiger partial charge in [0.15, 0.2) is 0 Å². The molecule has 0 saturated heterocycles. The van der Waals surface area contributed by atoms with Crippen LogP contribution in [0.25, 0.3) is 0 Å². The zero-order valence-electron chi connectivity index (χ0n) is 10.6. The minimum atomic E-state index is -5.12. The van der Waals surface area contributed by atoms with Gasteiger partial charge in [-0.1, -0.05) is 6.92 Å². The average Bonchev–Trinajstić information content (AvgIpc) is 2.74. The van der Waals surface area contributed by atoms with Crippen LogP contribution in [0.5, 0.6) is 0 Å². The highest BCUT2D eigenvalue weighted by atomic mass is 19.4. The molecule has 20 heavy (non-hydrogen) atoms. The summed E-state index contributed by atoms with van der Waals surface area (Å²) in [5.74, 6) is -3.83. The second-order valence-corrected chi connectivity index (χ2v) is 4.17. The Hall–Kier alpha value is -2.06. The maximum atomic E-state index is 12.1. The summed E-state index contributed by atoms with van der Waals surface area (Å²) in [6, 6.07) is -1.67. The van der Waals surface area contributed by atoms with Crippen molar-refractivity contribution in [2.75, 3.05) is 0 Å². The molecule has 112 valence electrons. The highest BCUT2D eigenvalue weighted by molar-refractivity contribution is 5.87. The van der Waals surface area contributed by atoms with Gasteiger partial charge in [0.25, 0.3) is 0 Å². The van der Waals surface area contributed by atoms with Crippen molar-refractivity contribution in [3.05, 3.63) is 18.2 Å². The van der Waals surface area contributed by atoms with E-state index in [9.17, 15) is 22.8 Å². The number of rotatable bonds is 6. The Kier molecular flexibility index (Phi) is 5.12. The zero-order valence-corrected chi connectivity index (χ0v) is 10.6. The number of aryl methyl sites for hydroxylation is 1. The number of nitrogens with one attached hydrogen (secondary N) is 1. The summed E-state index contributed by atoms with van der Waals surface area (Å²) < 4.78 is 38.0. The summed E-state index contributed by atoms with van der Waals surface area (Å²) in [6.45, 7) is 2.60. The van der Waals surface area contributed by atoms with Crippen LogP contribution in [0.3, 0.4) is 0 Å². The first-order valence-electron chi connectivity index (χ1n) is 5.85. The normalized spacial score (nSPS) is 13.0. The summed E-state index contributed by atoms with van der Waals surface area (Å²) in [5, 5.41) is 10.3. The van der Waals surface area contributed by atoms with Crippen molar-refractivity contribution < 1.29 is 27.9 Å². The molecule has 1 heterocycles. The van der Waals surface area contributed by atoms with Crippen molar-refractivity contribution in [2.45, 2.75) is 38.5 Å². The van der Waals surface area contributed by atoms with E-state index in [1.54, 1.807) is 10.8 Å². The number of carbonyl (C=O) groups excluding carboxylic acids is 1. The van der Waals surface area contributed by atoms with Crippen molar-refractivity contribution in [1.29, 1.82) is 0 Å². The number of carbonyl (C=O) groups is 2. The molecule has 0 spiro atoms. The number of hydrogen-bond donors (Lipinski definition) is 2. The Morgan fingerprint density at radius 1 is 1.50 bits per heavy atom. The first kappa shape index (κ1) is 16.0. The lowest BCUT2D eigenvalue weighted by atomic mass is 10.1. The number of alkyl halides is 3. The molecule has 0 radical (unpaired) electrons. The fraction of sp³-hybridized carbons (Fsp3) is 0.545. The lowest BCUT2D eigenvalue weighted by Crippen LogP contribution is -2.47. The monoisotopic (exact) mass is 293 g/mol. The third-order valence-corrected chi connectivity index (χ3v) is 2.44. The molecule has 9 heteroatoms. The van der Waals surface area contributed by atoms with E-state index in [2.05, 4.69) is 4.98 Å². The molecular formula is C11H14F3N3O3. The van der Waals surface area contributed by atoms with Gasteiger partial charge in [0, 0.05) is 19.2 Å². The predicted molar refractivity (Wildman–Crippen MR) is 61.8 cm³/mol.